The van der Waals surface area contributed by atoms with Crippen molar-refractivity contribution < 1.29 is 13.7 Å². The summed E-state index contributed by atoms with van der Waals surface area (Å²) in [5.41, 5.74) is 9.01. The van der Waals surface area contributed by atoms with E-state index in [1.807, 2.05) is 12.1 Å². The highest BCUT2D eigenvalue weighted by atomic mass is 32.2. The Balaban J connectivity index is 1.45. The Hall–Kier alpha value is -2.06. The van der Waals surface area contributed by atoms with Crippen LogP contribution in [0, 0.1) is 0 Å². The monoisotopic (exact) mass is 439 g/mol. The Morgan fingerprint density at radius 3 is 2.87 bits per heavy atom. The lowest BCUT2D eigenvalue weighted by Crippen LogP contribution is -2.37. The van der Waals surface area contributed by atoms with Gasteiger partial charge in [-0.3, -0.25) is 9.69 Å². The molecular weight excluding hydrogens is 410 g/mol. The molecule has 0 unspecified atom stereocenters. The molecule has 0 aliphatic carbocycles. The third-order valence-corrected chi connectivity index (χ3v) is 7.45. The molecular formula is C24H29N3O3S. The summed E-state index contributed by atoms with van der Waals surface area (Å²) in [6, 6.07) is 4.03. The van der Waals surface area contributed by atoms with Crippen molar-refractivity contribution >= 4 is 29.2 Å². The van der Waals surface area contributed by atoms with E-state index < -0.39 is 0 Å². The number of rotatable bonds is 4. The molecule has 31 heavy (non-hydrogen) atoms. The van der Waals surface area contributed by atoms with Crippen molar-refractivity contribution in [1.82, 2.24) is 10.2 Å². The van der Waals surface area contributed by atoms with E-state index in [0.717, 1.165) is 79.7 Å². The molecule has 0 aromatic heterocycles. The first-order valence-electron chi connectivity index (χ1n) is 11.0. The molecule has 0 radical (unpaired) electrons. The largest absolute Gasteiger partial charge is 0.381 e. The van der Waals surface area contributed by atoms with E-state index in [9.17, 15) is 4.79 Å². The highest BCUT2D eigenvalue weighted by Crippen LogP contribution is 2.42. The predicted molar refractivity (Wildman–Crippen MR) is 124 cm³/mol. The third-order valence-electron chi connectivity index (χ3n) is 6.60. The van der Waals surface area contributed by atoms with Gasteiger partial charge in [0.1, 0.15) is 0 Å². The van der Waals surface area contributed by atoms with Gasteiger partial charge >= 0.3 is 0 Å². The molecule has 0 bridgehead atoms. The molecule has 1 amide bonds. The maximum atomic E-state index is 12.9. The summed E-state index contributed by atoms with van der Waals surface area (Å²) in [4.78, 5) is 16.5. The van der Waals surface area contributed by atoms with Gasteiger partial charge in [-0.2, -0.15) is 0 Å². The minimum Gasteiger partial charge on any atom is -0.381 e. The number of carbonyl (C=O) groups excluding carboxylic acids is 1. The molecule has 1 aromatic rings. The Morgan fingerprint density at radius 2 is 2.03 bits per heavy atom. The zero-order chi connectivity index (χ0) is 21.4. The maximum absolute atomic E-state index is 12.9. The highest BCUT2D eigenvalue weighted by molar-refractivity contribution is 7.94. The third kappa shape index (κ3) is 4.07. The fourth-order valence-corrected chi connectivity index (χ4v) is 5.53. The number of dihydropyridines is 1. The lowest BCUT2D eigenvalue weighted by atomic mass is 9.91. The second-order valence-corrected chi connectivity index (χ2v) is 9.33. The SMILES string of the molecule is CC1=C(CCN2CCOCC2)C(C)=C(/C=C2\C(=O)Nc3ccc4c(c32)CCOS4)NC1. The van der Waals surface area contributed by atoms with Gasteiger partial charge in [0.2, 0.25) is 0 Å². The van der Waals surface area contributed by atoms with Crippen LogP contribution in [-0.4, -0.2) is 56.8 Å². The minimum absolute atomic E-state index is 0.0249. The molecule has 0 spiro atoms. The normalized spacial score (nSPS) is 23.0. The standard InChI is InChI=1S/C24H29N3O3S/c1-15-14-25-21(16(2)17(15)5-7-27-8-11-29-12-9-27)13-19-23-18-6-10-30-31-22(18)4-3-20(23)26-24(19)28/h3-4,13,25H,5-12,14H2,1-2H3,(H,26,28)/b19-13-. The van der Waals surface area contributed by atoms with E-state index in [-0.39, 0.29) is 5.91 Å². The summed E-state index contributed by atoms with van der Waals surface area (Å²) in [5, 5.41) is 6.60. The van der Waals surface area contributed by atoms with Crippen LogP contribution in [0.25, 0.3) is 5.57 Å². The van der Waals surface area contributed by atoms with Gasteiger partial charge < -0.3 is 19.6 Å². The van der Waals surface area contributed by atoms with Crippen LogP contribution in [0.5, 0.6) is 0 Å². The fraction of sp³-hybridized carbons (Fsp3) is 0.458. The first kappa shape index (κ1) is 20.8. The number of fused-ring (bicyclic) bond motifs is 3. The Kier molecular flexibility index (Phi) is 5.93. The average molecular weight is 440 g/mol. The average Bonchev–Trinajstić information content (AvgIpc) is 3.11. The Bertz CT molecular complexity index is 1010. The van der Waals surface area contributed by atoms with Gasteiger partial charge in [-0.1, -0.05) is 5.57 Å². The molecule has 5 rings (SSSR count). The summed E-state index contributed by atoms with van der Waals surface area (Å²) in [5.74, 6) is -0.0249. The lowest BCUT2D eigenvalue weighted by Gasteiger charge is -2.29. The van der Waals surface area contributed by atoms with Gasteiger partial charge in [0.15, 0.2) is 0 Å². The van der Waals surface area contributed by atoms with Crippen LogP contribution in [0.3, 0.4) is 0 Å². The van der Waals surface area contributed by atoms with E-state index in [1.165, 1.54) is 34.3 Å². The summed E-state index contributed by atoms with van der Waals surface area (Å²) < 4.78 is 11.0. The molecule has 7 heteroatoms. The number of morpholine rings is 1. The number of benzene rings is 1. The van der Waals surface area contributed by atoms with Crippen LogP contribution in [-0.2, 0) is 20.1 Å². The number of ether oxygens (including phenoxy) is 1. The molecule has 164 valence electrons. The minimum atomic E-state index is -0.0249. The highest BCUT2D eigenvalue weighted by Gasteiger charge is 2.30. The van der Waals surface area contributed by atoms with E-state index in [4.69, 9.17) is 8.92 Å². The summed E-state index contributed by atoms with van der Waals surface area (Å²) in [6.07, 6.45) is 3.91. The van der Waals surface area contributed by atoms with Gasteiger partial charge in [0.25, 0.3) is 5.91 Å². The van der Waals surface area contributed by atoms with E-state index in [1.54, 1.807) is 0 Å². The molecule has 1 fully saturated rings. The predicted octanol–water partition coefficient (Wildman–Crippen LogP) is 3.52. The fourth-order valence-electron chi connectivity index (χ4n) is 4.81. The van der Waals surface area contributed by atoms with Crippen LogP contribution in [0.1, 0.15) is 31.4 Å². The Labute approximate surface area is 187 Å². The van der Waals surface area contributed by atoms with Crippen LogP contribution in [0.2, 0.25) is 0 Å². The van der Waals surface area contributed by atoms with Crippen molar-refractivity contribution in [3.8, 4) is 0 Å². The second-order valence-electron chi connectivity index (χ2n) is 8.49. The van der Waals surface area contributed by atoms with Gasteiger partial charge in [-0.25, -0.2) is 0 Å². The first-order chi connectivity index (χ1) is 15.1. The van der Waals surface area contributed by atoms with Crippen molar-refractivity contribution in [1.29, 1.82) is 0 Å². The van der Waals surface area contributed by atoms with E-state index in [2.05, 4.69) is 35.5 Å². The molecule has 0 saturated carbocycles. The van der Waals surface area contributed by atoms with Crippen LogP contribution in [0.4, 0.5) is 5.69 Å². The van der Waals surface area contributed by atoms with Crippen molar-refractivity contribution in [2.75, 3.05) is 51.3 Å². The van der Waals surface area contributed by atoms with Gasteiger partial charge in [0.05, 0.1) is 25.4 Å². The quantitative estimate of drug-likeness (QED) is 0.553. The number of allylic oxidation sites excluding steroid dienone is 2. The molecule has 6 nitrogen and oxygen atoms in total. The molecule has 4 aliphatic heterocycles. The zero-order valence-electron chi connectivity index (χ0n) is 18.2. The van der Waals surface area contributed by atoms with Crippen LogP contribution < -0.4 is 10.6 Å². The van der Waals surface area contributed by atoms with E-state index >= 15 is 0 Å². The number of hydrogen-bond donors (Lipinski definition) is 2. The smallest absolute Gasteiger partial charge is 0.256 e. The van der Waals surface area contributed by atoms with Crippen LogP contribution in [0.15, 0.2) is 45.5 Å². The number of nitrogens with one attached hydrogen (secondary N) is 2. The topological polar surface area (TPSA) is 62.8 Å². The van der Waals surface area contributed by atoms with Gasteiger partial charge in [-0.15, -0.1) is 0 Å². The van der Waals surface area contributed by atoms with Crippen molar-refractivity contribution in [3.63, 3.8) is 0 Å². The molecule has 1 saturated heterocycles. The van der Waals surface area contributed by atoms with E-state index in [0.29, 0.717) is 6.61 Å². The van der Waals surface area contributed by atoms with Gasteiger partial charge in [-0.05, 0) is 61.6 Å². The summed E-state index contributed by atoms with van der Waals surface area (Å²) >= 11 is 1.41. The number of hydrogen-bond acceptors (Lipinski definition) is 6. The zero-order valence-corrected chi connectivity index (χ0v) is 19.0. The molecule has 1 aromatic carbocycles. The maximum Gasteiger partial charge on any atom is 0.256 e. The first-order valence-corrected chi connectivity index (χ1v) is 11.8. The van der Waals surface area contributed by atoms with Crippen LogP contribution >= 0.6 is 12.0 Å². The van der Waals surface area contributed by atoms with Gasteiger partial charge in [0, 0.05) is 60.1 Å². The Morgan fingerprint density at radius 1 is 1.19 bits per heavy atom. The molecule has 4 aliphatic rings. The summed E-state index contributed by atoms with van der Waals surface area (Å²) in [7, 11) is 0. The number of amides is 1. The second kappa shape index (κ2) is 8.82. The molecule has 4 heterocycles. The molecule has 0 atom stereocenters. The van der Waals surface area contributed by atoms with Crippen molar-refractivity contribution in [2.45, 2.75) is 31.6 Å². The van der Waals surface area contributed by atoms with Crippen molar-refractivity contribution in [2.24, 2.45) is 0 Å². The lowest BCUT2D eigenvalue weighted by molar-refractivity contribution is -0.110. The van der Waals surface area contributed by atoms with Crippen molar-refractivity contribution in [3.05, 3.63) is 51.8 Å². The summed E-state index contributed by atoms with van der Waals surface area (Å²) in [6.45, 7) is 10.6. The number of nitrogens with zero attached hydrogens (tertiary/aromatic N) is 1. The number of anilines is 1. The number of carbonyl (C=O) groups is 1. The molecule has 2 N–H and O–H groups in total.